The Balaban J connectivity index is 1.84. The molecule has 23 heavy (non-hydrogen) atoms. The summed E-state index contributed by atoms with van der Waals surface area (Å²) >= 11 is 0. The average molecular weight is 316 g/mol. The predicted molar refractivity (Wildman–Crippen MR) is 91.0 cm³/mol. The Labute approximate surface area is 139 Å². The van der Waals surface area contributed by atoms with Gasteiger partial charge in [0, 0.05) is 45.0 Å². The molecule has 1 amide bonds. The van der Waals surface area contributed by atoms with E-state index in [1.54, 1.807) is 6.20 Å². The van der Waals surface area contributed by atoms with E-state index in [1.807, 2.05) is 18.2 Å². The molecule has 2 fully saturated rings. The van der Waals surface area contributed by atoms with Crippen LogP contribution >= 0.6 is 0 Å². The van der Waals surface area contributed by atoms with Gasteiger partial charge in [-0.2, -0.15) is 0 Å². The summed E-state index contributed by atoms with van der Waals surface area (Å²) < 4.78 is 0. The molecular weight excluding hydrogens is 288 g/mol. The number of rotatable bonds is 3. The maximum atomic E-state index is 13.3. The lowest BCUT2D eigenvalue weighted by Crippen LogP contribution is -2.54. The van der Waals surface area contributed by atoms with Crippen LogP contribution in [-0.2, 0) is 4.79 Å². The van der Waals surface area contributed by atoms with Crippen molar-refractivity contribution in [3.05, 3.63) is 30.1 Å². The van der Waals surface area contributed by atoms with Crippen LogP contribution in [0.5, 0.6) is 0 Å². The number of piperazine rings is 1. The number of carbonyl (C=O) groups excluding carboxylic acids is 1. The first kappa shape index (κ1) is 16.4. The van der Waals surface area contributed by atoms with E-state index in [9.17, 15) is 4.79 Å². The zero-order valence-corrected chi connectivity index (χ0v) is 14.2. The number of piperidine rings is 1. The standard InChI is InChI=1S/C18H28N4O/c1-14-6-5-10-22(12-14)18(23)17(16-7-3-4-8-20-16)21-11-9-19-15(2)13-21/h3-4,7-8,14-15,17,19H,5-6,9-13H2,1-2H3. The van der Waals surface area contributed by atoms with Crippen molar-refractivity contribution in [1.29, 1.82) is 0 Å². The van der Waals surface area contributed by atoms with Crippen LogP contribution in [0.1, 0.15) is 38.4 Å². The number of pyridine rings is 1. The molecule has 1 N–H and O–H groups in total. The Morgan fingerprint density at radius 3 is 2.87 bits per heavy atom. The highest BCUT2D eigenvalue weighted by atomic mass is 16.2. The second-order valence-electron chi connectivity index (χ2n) is 7.04. The zero-order valence-electron chi connectivity index (χ0n) is 14.2. The molecule has 5 nitrogen and oxygen atoms in total. The van der Waals surface area contributed by atoms with Gasteiger partial charge in [-0.1, -0.05) is 13.0 Å². The average Bonchev–Trinajstić information content (AvgIpc) is 2.56. The van der Waals surface area contributed by atoms with E-state index in [-0.39, 0.29) is 11.9 Å². The van der Waals surface area contributed by atoms with Gasteiger partial charge in [0.2, 0.25) is 5.91 Å². The highest BCUT2D eigenvalue weighted by Crippen LogP contribution is 2.26. The van der Waals surface area contributed by atoms with Gasteiger partial charge in [0.15, 0.2) is 0 Å². The predicted octanol–water partition coefficient (Wildman–Crippen LogP) is 1.67. The van der Waals surface area contributed by atoms with Gasteiger partial charge in [-0.3, -0.25) is 14.7 Å². The molecule has 5 heteroatoms. The molecule has 3 rings (SSSR count). The minimum absolute atomic E-state index is 0.226. The van der Waals surface area contributed by atoms with Gasteiger partial charge >= 0.3 is 0 Å². The van der Waals surface area contributed by atoms with E-state index in [1.165, 1.54) is 6.42 Å². The van der Waals surface area contributed by atoms with Crippen LogP contribution in [0, 0.1) is 5.92 Å². The second kappa shape index (κ2) is 7.41. The number of carbonyl (C=O) groups is 1. The van der Waals surface area contributed by atoms with Gasteiger partial charge in [0.1, 0.15) is 6.04 Å². The lowest BCUT2D eigenvalue weighted by molar-refractivity contribution is -0.139. The molecule has 0 spiro atoms. The van der Waals surface area contributed by atoms with E-state index in [4.69, 9.17) is 0 Å². The molecule has 3 heterocycles. The maximum absolute atomic E-state index is 13.3. The van der Waals surface area contributed by atoms with E-state index in [0.29, 0.717) is 12.0 Å². The lowest BCUT2D eigenvalue weighted by atomic mass is 9.98. The van der Waals surface area contributed by atoms with E-state index in [2.05, 4.69) is 33.9 Å². The maximum Gasteiger partial charge on any atom is 0.246 e. The van der Waals surface area contributed by atoms with E-state index in [0.717, 1.165) is 44.8 Å². The summed E-state index contributed by atoms with van der Waals surface area (Å²) in [6.45, 7) is 8.88. The third kappa shape index (κ3) is 3.90. The van der Waals surface area contributed by atoms with Crippen LogP contribution in [0.15, 0.2) is 24.4 Å². The number of hydrogen-bond acceptors (Lipinski definition) is 4. The van der Waals surface area contributed by atoms with Gasteiger partial charge in [-0.25, -0.2) is 0 Å². The van der Waals surface area contributed by atoms with Crippen molar-refractivity contribution in [3.8, 4) is 0 Å². The summed E-state index contributed by atoms with van der Waals surface area (Å²) in [5, 5.41) is 3.46. The number of aromatic nitrogens is 1. The molecule has 3 unspecified atom stereocenters. The molecule has 2 aliphatic heterocycles. The number of amides is 1. The minimum Gasteiger partial charge on any atom is -0.341 e. The summed E-state index contributed by atoms with van der Waals surface area (Å²) in [7, 11) is 0. The van der Waals surface area contributed by atoms with Crippen molar-refractivity contribution in [2.24, 2.45) is 5.92 Å². The normalized spacial score (nSPS) is 27.7. The van der Waals surface area contributed by atoms with E-state index < -0.39 is 0 Å². The van der Waals surface area contributed by atoms with Crippen LogP contribution in [0.2, 0.25) is 0 Å². The van der Waals surface area contributed by atoms with Crippen molar-refractivity contribution in [3.63, 3.8) is 0 Å². The Morgan fingerprint density at radius 2 is 2.17 bits per heavy atom. The molecule has 0 bridgehead atoms. The SMILES string of the molecule is CC1CCCN(C(=O)C(c2ccccn2)N2CCNC(C)C2)C1. The Kier molecular flexibility index (Phi) is 5.28. The van der Waals surface area contributed by atoms with Crippen molar-refractivity contribution >= 4 is 5.91 Å². The molecule has 1 aromatic rings. The highest BCUT2D eigenvalue weighted by molar-refractivity contribution is 5.83. The fourth-order valence-electron chi connectivity index (χ4n) is 3.77. The van der Waals surface area contributed by atoms with Crippen LogP contribution < -0.4 is 5.32 Å². The Hall–Kier alpha value is -1.46. The van der Waals surface area contributed by atoms with E-state index >= 15 is 0 Å². The number of hydrogen-bond donors (Lipinski definition) is 1. The van der Waals surface area contributed by atoms with Crippen molar-refractivity contribution < 1.29 is 4.79 Å². The van der Waals surface area contributed by atoms with Crippen molar-refractivity contribution in [1.82, 2.24) is 20.1 Å². The summed E-state index contributed by atoms with van der Waals surface area (Å²) in [6, 6.07) is 6.04. The molecule has 0 radical (unpaired) electrons. The van der Waals surface area contributed by atoms with Crippen LogP contribution in [-0.4, -0.2) is 59.5 Å². The molecule has 2 aliphatic rings. The summed E-state index contributed by atoms with van der Waals surface area (Å²) in [4.78, 5) is 22.1. The van der Waals surface area contributed by atoms with Crippen LogP contribution in [0.25, 0.3) is 0 Å². The fraction of sp³-hybridized carbons (Fsp3) is 0.667. The molecular formula is C18H28N4O. The van der Waals surface area contributed by atoms with Crippen molar-refractivity contribution in [2.45, 2.75) is 38.8 Å². The number of nitrogens with zero attached hydrogens (tertiary/aromatic N) is 3. The molecule has 0 saturated carbocycles. The summed E-state index contributed by atoms with van der Waals surface area (Å²) in [6.07, 6.45) is 4.13. The third-order valence-corrected chi connectivity index (χ3v) is 4.94. The third-order valence-electron chi connectivity index (χ3n) is 4.94. The first-order valence-corrected chi connectivity index (χ1v) is 8.82. The van der Waals surface area contributed by atoms with Crippen molar-refractivity contribution in [2.75, 3.05) is 32.7 Å². The van der Waals surface area contributed by atoms with Gasteiger partial charge in [0.25, 0.3) is 0 Å². The largest absolute Gasteiger partial charge is 0.341 e. The van der Waals surface area contributed by atoms with Gasteiger partial charge in [-0.05, 0) is 37.8 Å². The first-order chi connectivity index (χ1) is 11.1. The molecule has 2 saturated heterocycles. The number of nitrogens with one attached hydrogen (secondary N) is 1. The molecule has 3 atom stereocenters. The Morgan fingerprint density at radius 1 is 1.30 bits per heavy atom. The molecule has 0 aliphatic carbocycles. The first-order valence-electron chi connectivity index (χ1n) is 8.82. The van der Waals surface area contributed by atoms with Gasteiger partial charge in [-0.15, -0.1) is 0 Å². The summed E-state index contributed by atoms with van der Waals surface area (Å²) in [5.41, 5.74) is 0.879. The molecule has 126 valence electrons. The lowest BCUT2D eigenvalue weighted by Gasteiger charge is -2.40. The molecule has 1 aromatic heterocycles. The fourth-order valence-corrected chi connectivity index (χ4v) is 3.77. The highest BCUT2D eigenvalue weighted by Gasteiger charge is 2.35. The van der Waals surface area contributed by atoms with Gasteiger partial charge < -0.3 is 10.2 Å². The quantitative estimate of drug-likeness (QED) is 0.922. The van der Waals surface area contributed by atoms with Crippen LogP contribution in [0.4, 0.5) is 0 Å². The minimum atomic E-state index is -0.244. The second-order valence-corrected chi connectivity index (χ2v) is 7.04. The monoisotopic (exact) mass is 316 g/mol. The van der Waals surface area contributed by atoms with Gasteiger partial charge in [0.05, 0.1) is 5.69 Å². The topological polar surface area (TPSA) is 48.5 Å². The number of likely N-dealkylation sites (tertiary alicyclic amines) is 1. The van der Waals surface area contributed by atoms with Crippen LogP contribution in [0.3, 0.4) is 0 Å². The summed E-state index contributed by atoms with van der Waals surface area (Å²) in [5.74, 6) is 0.823. The zero-order chi connectivity index (χ0) is 16.2. The Bertz CT molecular complexity index is 521. The molecule has 0 aromatic carbocycles. The smallest absolute Gasteiger partial charge is 0.246 e.